The van der Waals surface area contributed by atoms with Crippen molar-refractivity contribution in [3.05, 3.63) is 29.8 Å². The van der Waals surface area contributed by atoms with Gasteiger partial charge in [-0.3, -0.25) is 4.79 Å². The predicted molar refractivity (Wildman–Crippen MR) is 55.4 cm³/mol. The topological polar surface area (TPSA) is 38.3 Å². The zero-order chi connectivity index (χ0) is 10.4. The maximum Gasteiger partial charge on any atom is 0.224 e. The summed E-state index contributed by atoms with van der Waals surface area (Å²) in [6.45, 7) is 2.58. The third kappa shape index (κ3) is 3.09. The second-order valence-corrected chi connectivity index (χ2v) is 2.98. The first kappa shape index (κ1) is 10.6. The summed E-state index contributed by atoms with van der Waals surface area (Å²) >= 11 is 0. The van der Waals surface area contributed by atoms with Gasteiger partial charge in [0.15, 0.2) is 0 Å². The highest BCUT2D eigenvalue weighted by Gasteiger charge is 2.02. The van der Waals surface area contributed by atoms with Crippen LogP contribution in [0.2, 0.25) is 0 Å². The highest BCUT2D eigenvalue weighted by molar-refractivity contribution is 5.78. The first-order chi connectivity index (χ1) is 6.76. The van der Waals surface area contributed by atoms with E-state index in [2.05, 4.69) is 5.32 Å². The molecule has 0 saturated carbocycles. The smallest absolute Gasteiger partial charge is 0.224 e. The Hall–Kier alpha value is -1.51. The summed E-state index contributed by atoms with van der Waals surface area (Å²) in [6, 6.07) is 7.53. The molecule has 0 aromatic heterocycles. The van der Waals surface area contributed by atoms with Gasteiger partial charge in [0.25, 0.3) is 0 Å². The van der Waals surface area contributed by atoms with Crippen LogP contribution in [0.1, 0.15) is 12.5 Å². The minimum atomic E-state index is 0.0424. The number of nitrogens with one attached hydrogen (secondary N) is 1. The van der Waals surface area contributed by atoms with E-state index in [1.807, 2.05) is 31.2 Å². The molecule has 76 valence electrons. The van der Waals surface area contributed by atoms with E-state index in [1.54, 1.807) is 7.11 Å². The lowest BCUT2D eigenvalue weighted by Gasteiger charge is -2.04. The quantitative estimate of drug-likeness (QED) is 0.784. The number of carbonyl (C=O) groups excluding carboxylic acids is 1. The van der Waals surface area contributed by atoms with Gasteiger partial charge in [-0.25, -0.2) is 0 Å². The molecule has 0 aliphatic rings. The minimum Gasteiger partial charge on any atom is -0.497 e. The van der Waals surface area contributed by atoms with Crippen molar-refractivity contribution in [1.82, 2.24) is 5.32 Å². The van der Waals surface area contributed by atoms with Crippen LogP contribution < -0.4 is 10.1 Å². The molecule has 3 nitrogen and oxygen atoms in total. The Labute approximate surface area is 84.1 Å². The summed E-state index contributed by atoms with van der Waals surface area (Å²) in [4.78, 5) is 11.3. The molecule has 3 heteroatoms. The fourth-order valence-electron chi connectivity index (χ4n) is 1.23. The average molecular weight is 193 g/mol. The molecule has 14 heavy (non-hydrogen) atoms. The molecule has 1 aromatic rings. The van der Waals surface area contributed by atoms with Crippen LogP contribution in [0.4, 0.5) is 0 Å². The van der Waals surface area contributed by atoms with Gasteiger partial charge < -0.3 is 10.1 Å². The molecule has 0 aliphatic carbocycles. The van der Waals surface area contributed by atoms with Gasteiger partial charge in [-0.2, -0.15) is 0 Å². The van der Waals surface area contributed by atoms with E-state index in [9.17, 15) is 4.79 Å². The maximum atomic E-state index is 11.3. The lowest BCUT2D eigenvalue weighted by molar-refractivity contribution is -0.120. The Bertz CT molecular complexity index is 310. The van der Waals surface area contributed by atoms with Crippen LogP contribution in [0.25, 0.3) is 0 Å². The van der Waals surface area contributed by atoms with Crippen molar-refractivity contribution in [3.63, 3.8) is 0 Å². The minimum absolute atomic E-state index is 0.0424. The number of carbonyl (C=O) groups is 1. The number of hydrogen-bond donors (Lipinski definition) is 1. The van der Waals surface area contributed by atoms with Crippen molar-refractivity contribution in [2.75, 3.05) is 13.7 Å². The molecule has 1 N–H and O–H groups in total. The van der Waals surface area contributed by atoms with Crippen LogP contribution in [-0.2, 0) is 11.2 Å². The number of methoxy groups -OCH3 is 1. The lowest BCUT2D eigenvalue weighted by Crippen LogP contribution is -2.24. The highest BCUT2D eigenvalue weighted by Crippen LogP contribution is 2.12. The number of benzene rings is 1. The highest BCUT2D eigenvalue weighted by atomic mass is 16.5. The molecule has 0 bridgehead atoms. The van der Waals surface area contributed by atoms with Gasteiger partial charge in [-0.15, -0.1) is 0 Å². The third-order valence-corrected chi connectivity index (χ3v) is 1.87. The van der Waals surface area contributed by atoms with Crippen molar-refractivity contribution in [1.29, 1.82) is 0 Å². The Morgan fingerprint density at radius 2 is 2.29 bits per heavy atom. The molecule has 0 aliphatic heterocycles. The molecule has 1 aromatic carbocycles. The Morgan fingerprint density at radius 1 is 1.50 bits per heavy atom. The van der Waals surface area contributed by atoms with Gasteiger partial charge in [0.2, 0.25) is 5.91 Å². The van der Waals surface area contributed by atoms with Crippen LogP contribution in [-0.4, -0.2) is 19.6 Å². The average Bonchev–Trinajstić information content (AvgIpc) is 2.18. The van der Waals surface area contributed by atoms with E-state index < -0.39 is 0 Å². The second kappa shape index (κ2) is 5.27. The molecular formula is C11H15NO2. The molecule has 1 rings (SSSR count). The Balaban J connectivity index is 2.62. The van der Waals surface area contributed by atoms with Crippen LogP contribution in [0.5, 0.6) is 5.75 Å². The van der Waals surface area contributed by atoms with Crippen molar-refractivity contribution in [3.8, 4) is 5.75 Å². The number of likely N-dealkylation sites (N-methyl/N-ethyl adjacent to an activating group) is 1. The monoisotopic (exact) mass is 193 g/mol. The first-order valence-electron chi connectivity index (χ1n) is 4.66. The van der Waals surface area contributed by atoms with E-state index in [0.29, 0.717) is 13.0 Å². The largest absolute Gasteiger partial charge is 0.497 e. The van der Waals surface area contributed by atoms with E-state index in [0.717, 1.165) is 11.3 Å². The van der Waals surface area contributed by atoms with Gasteiger partial charge in [0.05, 0.1) is 13.5 Å². The van der Waals surface area contributed by atoms with E-state index in [4.69, 9.17) is 4.74 Å². The van der Waals surface area contributed by atoms with Crippen molar-refractivity contribution in [2.45, 2.75) is 13.3 Å². The maximum absolute atomic E-state index is 11.3. The molecule has 0 fully saturated rings. The van der Waals surface area contributed by atoms with Crippen LogP contribution in [0.3, 0.4) is 0 Å². The molecule has 0 atom stereocenters. The molecule has 0 heterocycles. The van der Waals surface area contributed by atoms with Gasteiger partial charge in [0, 0.05) is 6.54 Å². The fourth-order valence-corrected chi connectivity index (χ4v) is 1.23. The number of amides is 1. The number of rotatable bonds is 4. The normalized spacial score (nSPS) is 9.57. The molecule has 0 spiro atoms. The lowest BCUT2D eigenvalue weighted by atomic mass is 10.1. The summed E-state index contributed by atoms with van der Waals surface area (Å²) < 4.78 is 5.06. The zero-order valence-electron chi connectivity index (χ0n) is 8.54. The third-order valence-electron chi connectivity index (χ3n) is 1.87. The Kier molecular flexibility index (Phi) is 3.98. The van der Waals surface area contributed by atoms with Gasteiger partial charge in [-0.1, -0.05) is 12.1 Å². The SMILES string of the molecule is CCNC(=O)Cc1cccc(OC)c1. The van der Waals surface area contributed by atoms with E-state index in [1.165, 1.54) is 0 Å². The summed E-state index contributed by atoms with van der Waals surface area (Å²) in [7, 11) is 1.62. The molecule has 1 amide bonds. The van der Waals surface area contributed by atoms with Crippen molar-refractivity contribution >= 4 is 5.91 Å². The predicted octanol–water partition coefficient (Wildman–Crippen LogP) is 1.37. The summed E-state index contributed by atoms with van der Waals surface area (Å²) in [5.41, 5.74) is 0.968. The molecule has 0 unspecified atom stereocenters. The summed E-state index contributed by atoms with van der Waals surface area (Å²) in [5, 5.41) is 2.75. The molecular weight excluding hydrogens is 178 g/mol. The molecule has 0 radical (unpaired) electrons. The second-order valence-electron chi connectivity index (χ2n) is 2.98. The standard InChI is InChI=1S/C11H15NO2/c1-3-12-11(13)8-9-5-4-6-10(7-9)14-2/h4-7H,3,8H2,1-2H3,(H,12,13). The molecule has 0 saturated heterocycles. The van der Waals surface area contributed by atoms with Crippen molar-refractivity contribution < 1.29 is 9.53 Å². The van der Waals surface area contributed by atoms with Gasteiger partial charge in [0.1, 0.15) is 5.75 Å². The first-order valence-corrected chi connectivity index (χ1v) is 4.66. The van der Waals surface area contributed by atoms with Crippen LogP contribution in [0.15, 0.2) is 24.3 Å². The van der Waals surface area contributed by atoms with Gasteiger partial charge in [-0.05, 0) is 24.6 Å². The number of hydrogen-bond acceptors (Lipinski definition) is 2. The van der Waals surface area contributed by atoms with Gasteiger partial charge >= 0.3 is 0 Å². The van der Waals surface area contributed by atoms with E-state index >= 15 is 0 Å². The zero-order valence-corrected chi connectivity index (χ0v) is 8.54. The summed E-state index contributed by atoms with van der Waals surface area (Å²) in [6.07, 6.45) is 0.408. The van der Waals surface area contributed by atoms with E-state index in [-0.39, 0.29) is 5.91 Å². The fraction of sp³-hybridized carbons (Fsp3) is 0.364. The van der Waals surface area contributed by atoms with Crippen LogP contribution in [0, 0.1) is 0 Å². The Morgan fingerprint density at radius 3 is 2.93 bits per heavy atom. The van der Waals surface area contributed by atoms with Crippen molar-refractivity contribution in [2.24, 2.45) is 0 Å². The number of ether oxygens (including phenoxy) is 1. The van der Waals surface area contributed by atoms with Crippen LogP contribution >= 0.6 is 0 Å². The summed E-state index contributed by atoms with van der Waals surface area (Å²) in [5.74, 6) is 0.826.